The first-order chi connectivity index (χ1) is 12.7. The van der Waals surface area contributed by atoms with Gasteiger partial charge in [-0.25, -0.2) is 4.99 Å². The molecule has 2 aliphatic rings. The van der Waals surface area contributed by atoms with Gasteiger partial charge in [0.25, 0.3) is 5.78 Å². The fraction of sp³-hybridized carbons (Fsp3) is 0.412. The molecule has 0 aromatic heterocycles. The fourth-order valence-electron chi connectivity index (χ4n) is 3.60. The largest absolute Gasteiger partial charge is 0.454 e. The van der Waals surface area contributed by atoms with Crippen molar-refractivity contribution in [2.24, 2.45) is 21.5 Å². The first-order valence-corrected chi connectivity index (χ1v) is 8.33. The smallest absolute Gasteiger partial charge is 0.369 e. The first kappa shape index (κ1) is 18.7. The molecule has 0 atom stereocenters. The number of alkyl halides is 3. The number of carbonyl (C=O) groups excluding carboxylic acids is 1. The van der Waals surface area contributed by atoms with E-state index in [-0.39, 0.29) is 23.2 Å². The first-order valence-electron chi connectivity index (χ1n) is 8.33. The fourth-order valence-corrected chi connectivity index (χ4v) is 3.60. The Morgan fingerprint density at radius 3 is 2.48 bits per heavy atom. The van der Waals surface area contributed by atoms with Crippen LogP contribution in [0.1, 0.15) is 48.0 Å². The van der Waals surface area contributed by atoms with Crippen LogP contribution in [-0.2, 0) is 0 Å². The van der Waals surface area contributed by atoms with Crippen molar-refractivity contribution in [2.45, 2.75) is 43.9 Å². The van der Waals surface area contributed by atoms with E-state index in [1.165, 1.54) is 17.0 Å². The van der Waals surface area contributed by atoms with Crippen molar-refractivity contribution >= 4 is 23.4 Å². The molecule has 10 heteroatoms. The van der Waals surface area contributed by atoms with Gasteiger partial charge >= 0.3 is 6.18 Å². The molecule has 0 radical (unpaired) electrons. The molecule has 0 unspecified atom stereocenters. The number of nitrogens with two attached hydrogens (primary N) is 2. The lowest BCUT2D eigenvalue weighted by Crippen LogP contribution is -2.58. The van der Waals surface area contributed by atoms with E-state index < -0.39 is 23.2 Å². The summed E-state index contributed by atoms with van der Waals surface area (Å²) in [7, 11) is 0. The lowest BCUT2D eigenvalue weighted by molar-refractivity contribution is -0.0884. The Kier molecular flexibility index (Phi) is 4.55. The molecule has 1 heterocycles. The van der Waals surface area contributed by atoms with Crippen LogP contribution in [-0.4, -0.2) is 29.5 Å². The minimum absolute atomic E-state index is 0.0528. The van der Waals surface area contributed by atoms with Crippen LogP contribution in [0.3, 0.4) is 0 Å². The maximum absolute atomic E-state index is 13.2. The Morgan fingerprint density at radius 2 is 1.89 bits per heavy atom. The zero-order valence-electron chi connectivity index (χ0n) is 14.3. The predicted molar refractivity (Wildman–Crippen MR) is 93.1 cm³/mol. The summed E-state index contributed by atoms with van der Waals surface area (Å²) in [4.78, 5) is 21.7. The van der Waals surface area contributed by atoms with Crippen molar-refractivity contribution in [3.05, 3.63) is 29.3 Å². The molecule has 1 aliphatic heterocycles. The Hall–Kier alpha value is -3.09. The molecule has 1 fully saturated rings. The van der Waals surface area contributed by atoms with Gasteiger partial charge in [0, 0.05) is 0 Å². The maximum Gasteiger partial charge on any atom is 0.454 e. The van der Waals surface area contributed by atoms with Crippen LogP contribution >= 0.6 is 0 Å². The summed E-state index contributed by atoms with van der Waals surface area (Å²) < 4.78 is 39.5. The van der Waals surface area contributed by atoms with Crippen molar-refractivity contribution in [3.8, 4) is 6.07 Å². The molecule has 142 valence electrons. The number of guanidine groups is 2. The van der Waals surface area contributed by atoms with Crippen LogP contribution in [0.25, 0.3) is 0 Å². The van der Waals surface area contributed by atoms with Crippen molar-refractivity contribution in [1.29, 1.82) is 5.26 Å². The van der Waals surface area contributed by atoms with E-state index >= 15 is 0 Å². The Labute approximate surface area is 153 Å². The Balaban J connectivity index is 2.21. The number of rotatable bonds is 2. The number of Topliss-reactive ketones (excluding diaryl/α,β-unsaturated/α-hetero) is 1. The van der Waals surface area contributed by atoms with Gasteiger partial charge in [0.15, 0.2) is 0 Å². The molecular formula is C17H17F3N6O. The lowest BCUT2D eigenvalue weighted by atomic mass is 9.86. The normalized spacial score (nSPS) is 19.3. The number of hydrogen-bond acceptors (Lipinski definition) is 7. The average Bonchev–Trinajstić information content (AvgIpc) is 2.60. The second kappa shape index (κ2) is 6.57. The summed E-state index contributed by atoms with van der Waals surface area (Å²) in [6.07, 6.45) is -1.60. The summed E-state index contributed by atoms with van der Waals surface area (Å²) >= 11 is 0. The highest BCUT2D eigenvalue weighted by atomic mass is 19.4. The number of ketones is 1. The van der Waals surface area contributed by atoms with Gasteiger partial charge in [-0.1, -0.05) is 6.42 Å². The van der Waals surface area contributed by atoms with Crippen molar-refractivity contribution in [1.82, 2.24) is 0 Å². The zero-order chi connectivity index (χ0) is 19.8. The van der Waals surface area contributed by atoms with Crippen LogP contribution in [0.5, 0.6) is 0 Å². The van der Waals surface area contributed by atoms with Gasteiger partial charge in [-0.05, 0) is 43.9 Å². The Bertz CT molecular complexity index is 878. The monoisotopic (exact) mass is 378 g/mol. The molecule has 1 aliphatic carbocycles. The molecule has 1 aromatic carbocycles. The number of nitrogens with zero attached hydrogens (tertiary/aromatic N) is 4. The highest BCUT2D eigenvalue weighted by molar-refractivity contribution is 6.11. The highest BCUT2D eigenvalue weighted by Gasteiger charge is 2.46. The van der Waals surface area contributed by atoms with E-state index in [0.29, 0.717) is 12.8 Å². The molecule has 0 amide bonds. The topological polar surface area (TPSA) is 121 Å². The van der Waals surface area contributed by atoms with Crippen LogP contribution in [0.4, 0.5) is 18.9 Å². The Morgan fingerprint density at radius 1 is 1.22 bits per heavy atom. The third-order valence-electron chi connectivity index (χ3n) is 4.72. The highest BCUT2D eigenvalue weighted by Crippen LogP contribution is 2.41. The second-order valence-corrected chi connectivity index (χ2v) is 6.49. The molecule has 7 nitrogen and oxygen atoms in total. The van der Waals surface area contributed by atoms with E-state index in [2.05, 4.69) is 9.98 Å². The number of nitriles is 1. The van der Waals surface area contributed by atoms with Gasteiger partial charge in [-0.15, -0.1) is 0 Å². The summed E-state index contributed by atoms with van der Waals surface area (Å²) in [5, 5.41) is 9.03. The van der Waals surface area contributed by atoms with Crippen LogP contribution in [0.15, 0.2) is 28.2 Å². The summed E-state index contributed by atoms with van der Waals surface area (Å²) in [6.45, 7) is 0. The number of benzene rings is 1. The minimum Gasteiger partial charge on any atom is -0.369 e. The molecular weight excluding hydrogens is 361 g/mol. The predicted octanol–water partition coefficient (Wildman–Crippen LogP) is 2.41. The van der Waals surface area contributed by atoms with E-state index in [1.807, 2.05) is 0 Å². The minimum atomic E-state index is -5.10. The van der Waals surface area contributed by atoms with E-state index in [1.54, 1.807) is 6.07 Å². The van der Waals surface area contributed by atoms with Gasteiger partial charge < -0.3 is 11.5 Å². The molecule has 4 N–H and O–H groups in total. The van der Waals surface area contributed by atoms with Crippen molar-refractivity contribution in [3.63, 3.8) is 0 Å². The van der Waals surface area contributed by atoms with E-state index in [0.717, 1.165) is 25.3 Å². The van der Waals surface area contributed by atoms with E-state index in [9.17, 15) is 18.0 Å². The molecule has 0 saturated heterocycles. The molecule has 3 rings (SSSR count). The number of carbonyl (C=O) groups is 1. The molecule has 1 saturated carbocycles. The van der Waals surface area contributed by atoms with Crippen LogP contribution in [0.2, 0.25) is 0 Å². The second-order valence-electron chi connectivity index (χ2n) is 6.49. The quantitative estimate of drug-likeness (QED) is 0.766. The van der Waals surface area contributed by atoms with Crippen LogP contribution < -0.4 is 16.4 Å². The third-order valence-corrected chi connectivity index (χ3v) is 4.72. The van der Waals surface area contributed by atoms with Gasteiger partial charge in [0.1, 0.15) is 5.66 Å². The summed E-state index contributed by atoms with van der Waals surface area (Å²) in [5.74, 6) is -2.25. The molecule has 1 spiro atoms. The molecule has 27 heavy (non-hydrogen) atoms. The zero-order valence-corrected chi connectivity index (χ0v) is 14.3. The van der Waals surface area contributed by atoms with Crippen molar-refractivity contribution < 1.29 is 18.0 Å². The third kappa shape index (κ3) is 3.32. The van der Waals surface area contributed by atoms with Crippen molar-refractivity contribution in [2.75, 3.05) is 4.90 Å². The lowest BCUT2D eigenvalue weighted by Gasteiger charge is -2.46. The number of anilines is 1. The maximum atomic E-state index is 13.2. The summed E-state index contributed by atoms with van der Waals surface area (Å²) in [5.41, 5.74) is 9.94. The van der Waals surface area contributed by atoms with Gasteiger partial charge in [-0.2, -0.15) is 23.4 Å². The number of halogens is 3. The standard InChI is InChI=1S/C17H17F3N6O/c18-17(19,20)13(27)11-8-10(9-21)4-5-12(11)26-15(23)24-14(22)25-16(26)6-2-1-3-7-16/h4-5,8H,1-3,6-7H2,(H4,22,23,24,25). The summed E-state index contributed by atoms with van der Waals surface area (Å²) in [6, 6.07) is 5.26. The number of hydrogen-bond donors (Lipinski definition) is 2. The molecule has 0 bridgehead atoms. The number of aliphatic imine (C=N–C) groups is 2. The average molecular weight is 378 g/mol. The van der Waals surface area contributed by atoms with E-state index in [4.69, 9.17) is 16.7 Å². The van der Waals surface area contributed by atoms with Gasteiger partial charge in [0.2, 0.25) is 11.9 Å². The van der Waals surface area contributed by atoms with Crippen LogP contribution in [0, 0.1) is 11.3 Å². The molecule has 1 aromatic rings. The SMILES string of the molecule is N#Cc1ccc(N2C(N)=NC(N)=NC23CCCCC3)c(C(=O)C(F)(F)F)c1. The van der Waals surface area contributed by atoms with Gasteiger partial charge in [-0.3, -0.25) is 9.69 Å². The van der Waals surface area contributed by atoms with Gasteiger partial charge in [0.05, 0.1) is 22.9 Å².